The first-order valence-corrected chi connectivity index (χ1v) is 12.7. The minimum atomic E-state index is -2.53. The number of para-hydroxylation sites is 1. The molecule has 3 N–H and O–H groups in total. The van der Waals surface area contributed by atoms with E-state index >= 15 is 0 Å². The zero-order chi connectivity index (χ0) is 23.8. The molecule has 2 heterocycles. The van der Waals surface area contributed by atoms with Gasteiger partial charge in [-0.2, -0.15) is 9.61 Å². The molecule has 33 heavy (non-hydrogen) atoms. The molecule has 0 radical (unpaired) electrons. The van der Waals surface area contributed by atoms with Crippen molar-refractivity contribution in [2.45, 2.75) is 32.1 Å². The summed E-state index contributed by atoms with van der Waals surface area (Å²) in [4.78, 5) is 5.29. The lowest BCUT2D eigenvalue weighted by molar-refractivity contribution is 0.477. The van der Waals surface area contributed by atoms with Gasteiger partial charge in [0.25, 0.3) is 0 Å². The Labute approximate surface area is 195 Å². The number of nitrogens with zero attached hydrogens (tertiary/aromatic N) is 3. The molecule has 0 fully saturated rings. The van der Waals surface area contributed by atoms with Crippen LogP contribution in [0.3, 0.4) is 0 Å². The topological polar surface area (TPSA) is 91.5 Å². The highest BCUT2D eigenvalue weighted by Crippen LogP contribution is 2.29. The van der Waals surface area contributed by atoms with Crippen LogP contribution in [-0.4, -0.2) is 42.9 Å². The second kappa shape index (κ2) is 11.0. The number of aryl methyl sites for hydroxylation is 1. The van der Waals surface area contributed by atoms with E-state index in [1.54, 1.807) is 22.8 Å². The molecule has 0 saturated carbocycles. The van der Waals surface area contributed by atoms with E-state index in [1.165, 1.54) is 0 Å². The summed E-state index contributed by atoms with van der Waals surface area (Å²) in [6, 6.07) is 18.3. The van der Waals surface area contributed by atoms with Crippen LogP contribution in [0, 0.1) is 6.92 Å². The van der Waals surface area contributed by atoms with Gasteiger partial charge in [-0.05, 0) is 43.5 Å². The van der Waals surface area contributed by atoms with Crippen LogP contribution < -0.4 is 10.0 Å². The first kappa shape index (κ1) is 24.3. The average Bonchev–Trinajstić information content (AvgIpc) is 3.29. The normalized spacial score (nSPS) is 12.6. The molecular formula is C25H31N5O2S. The number of anilines is 1. The van der Waals surface area contributed by atoms with Crippen LogP contribution in [0.25, 0.3) is 16.9 Å². The zero-order valence-corrected chi connectivity index (χ0v) is 20.1. The summed E-state index contributed by atoms with van der Waals surface area (Å²) in [5, 5.41) is 17.9. The van der Waals surface area contributed by atoms with Crippen molar-refractivity contribution in [1.29, 1.82) is 0 Å². The van der Waals surface area contributed by atoms with Crippen molar-refractivity contribution >= 4 is 27.0 Å². The molecule has 0 saturated heterocycles. The molecule has 7 nitrogen and oxygen atoms in total. The largest absolute Gasteiger partial charge is 0.507 e. The van der Waals surface area contributed by atoms with Gasteiger partial charge in [-0.1, -0.05) is 43.7 Å². The molecule has 174 valence electrons. The molecule has 0 aliphatic heterocycles. The Morgan fingerprint density at radius 1 is 1.06 bits per heavy atom. The highest BCUT2D eigenvalue weighted by Gasteiger charge is 2.11. The van der Waals surface area contributed by atoms with Gasteiger partial charge in [-0.25, -0.2) is 13.9 Å². The lowest BCUT2D eigenvalue weighted by Gasteiger charge is -2.13. The van der Waals surface area contributed by atoms with E-state index in [2.05, 4.69) is 26.0 Å². The molecule has 0 aliphatic carbocycles. The number of nitrogens with one attached hydrogen (secondary N) is 2. The smallest absolute Gasteiger partial charge is 0.157 e. The Kier molecular flexibility index (Phi) is 8.08. The Morgan fingerprint density at radius 3 is 2.52 bits per heavy atom. The van der Waals surface area contributed by atoms with Crippen LogP contribution in [0.15, 0.2) is 71.8 Å². The minimum Gasteiger partial charge on any atom is -0.507 e. The van der Waals surface area contributed by atoms with Crippen molar-refractivity contribution in [2.75, 3.05) is 18.4 Å². The number of rotatable bonds is 8. The maximum atomic E-state index is 12.8. The fourth-order valence-corrected chi connectivity index (χ4v) is 4.47. The Morgan fingerprint density at radius 2 is 1.79 bits per heavy atom. The summed E-state index contributed by atoms with van der Waals surface area (Å²) in [6.45, 7) is 7.17. The van der Waals surface area contributed by atoms with Crippen LogP contribution in [0.2, 0.25) is 0 Å². The fraction of sp³-hybridized carbons (Fsp3) is 0.240. The number of benzene rings is 2. The average molecular weight is 466 g/mol. The van der Waals surface area contributed by atoms with Gasteiger partial charge in [0.2, 0.25) is 0 Å². The summed E-state index contributed by atoms with van der Waals surface area (Å²) in [5.41, 5.74) is 3.12. The van der Waals surface area contributed by atoms with Crippen molar-refractivity contribution in [3.05, 3.63) is 72.4 Å². The maximum absolute atomic E-state index is 12.8. The van der Waals surface area contributed by atoms with E-state index in [1.807, 2.05) is 69.3 Å². The van der Waals surface area contributed by atoms with Gasteiger partial charge >= 0.3 is 0 Å². The highest BCUT2D eigenvalue weighted by atomic mass is 32.2. The first-order valence-electron chi connectivity index (χ1n) is 11.0. The minimum absolute atomic E-state index is 0.176. The van der Waals surface area contributed by atoms with Gasteiger partial charge in [0.1, 0.15) is 11.6 Å². The van der Waals surface area contributed by atoms with Crippen molar-refractivity contribution in [2.24, 2.45) is 0 Å². The maximum Gasteiger partial charge on any atom is 0.157 e. The lowest BCUT2D eigenvalue weighted by atomic mass is 10.1. The van der Waals surface area contributed by atoms with Gasteiger partial charge in [-0.15, -0.1) is 0 Å². The first-order chi connectivity index (χ1) is 15.9. The van der Waals surface area contributed by atoms with Gasteiger partial charge in [-0.3, -0.25) is 0 Å². The van der Waals surface area contributed by atoms with Crippen molar-refractivity contribution < 1.29 is 9.32 Å². The van der Waals surface area contributed by atoms with Gasteiger partial charge < -0.3 is 10.4 Å². The monoisotopic (exact) mass is 465 g/mol. The molecule has 4 rings (SSSR count). The van der Waals surface area contributed by atoms with E-state index in [4.69, 9.17) is 0 Å². The number of phenols is 1. The number of hydrogen-bond acceptors (Lipinski definition) is 5. The molecule has 0 spiro atoms. The molecule has 4 aromatic rings. The molecule has 1 unspecified atom stereocenters. The molecule has 0 bridgehead atoms. The second-order valence-electron chi connectivity index (χ2n) is 7.31. The fourth-order valence-electron chi connectivity index (χ4n) is 3.25. The highest BCUT2D eigenvalue weighted by molar-refractivity contribution is 7.98. The second-order valence-corrected chi connectivity index (χ2v) is 9.42. The van der Waals surface area contributed by atoms with Gasteiger partial charge in [0.15, 0.2) is 5.65 Å². The lowest BCUT2D eigenvalue weighted by Crippen LogP contribution is -2.26. The Bertz CT molecular complexity index is 1300. The van der Waals surface area contributed by atoms with Crippen molar-refractivity contribution in [3.8, 4) is 17.0 Å². The SMILES string of the molecule is C=S(=O)(NCCCNc1cc(-c2ccccc2O)nc2ccnn12)c1ccc(C)cc1.CC. The van der Waals surface area contributed by atoms with E-state index < -0.39 is 9.71 Å². The number of aromatic nitrogens is 3. The number of phenolic OH excluding ortho intramolecular Hbond substituents is 1. The molecule has 2 aromatic carbocycles. The van der Waals surface area contributed by atoms with E-state index in [0.29, 0.717) is 34.9 Å². The predicted molar refractivity (Wildman–Crippen MR) is 137 cm³/mol. The van der Waals surface area contributed by atoms with E-state index in [-0.39, 0.29) is 5.75 Å². The third kappa shape index (κ3) is 5.91. The molecule has 8 heteroatoms. The van der Waals surface area contributed by atoms with Crippen LogP contribution in [-0.2, 0) is 9.71 Å². The molecule has 0 aliphatic rings. The number of fused-ring (bicyclic) bond motifs is 1. The van der Waals surface area contributed by atoms with Crippen LogP contribution in [0.1, 0.15) is 25.8 Å². The standard InChI is InChI=1S/C23H25N5O2S.C2H6/c1-17-8-10-18(11-9-17)31(2,30)26-14-5-13-24-23-16-20(19-6-3-4-7-21(19)29)27-22-12-15-25-28(22)23;1-2/h3-4,6-12,15-16,24,29H,2,5,13-14H2,1H3,(H,26,30);1-2H3. The van der Waals surface area contributed by atoms with Crippen LogP contribution in [0.4, 0.5) is 5.82 Å². The summed E-state index contributed by atoms with van der Waals surface area (Å²) in [5.74, 6) is 4.81. The predicted octanol–water partition coefficient (Wildman–Crippen LogP) is 4.52. The quantitative estimate of drug-likeness (QED) is 0.263. The van der Waals surface area contributed by atoms with E-state index in [9.17, 15) is 9.32 Å². The molecule has 2 aromatic heterocycles. The third-order valence-corrected chi connectivity index (χ3v) is 6.64. The van der Waals surface area contributed by atoms with Crippen molar-refractivity contribution in [1.82, 2.24) is 19.3 Å². The summed E-state index contributed by atoms with van der Waals surface area (Å²) in [6.07, 6.45) is 2.42. The molecule has 0 amide bonds. The summed E-state index contributed by atoms with van der Waals surface area (Å²) >= 11 is 0. The van der Waals surface area contributed by atoms with Gasteiger partial charge in [0, 0.05) is 35.7 Å². The van der Waals surface area contributed by atoms with Gasteiger partial charge in [0.05, 0.1) is 21.6 Å². The van der Waals surface area contributed by atoms with Crippen LogP contribution in [0.5, 0.6) is 5.75 Å². The zero-order valence-electron chi connectivity index (χ0n) is 19.3. The Balaban J connectivity index is 0.00000149. The third-order valence-electron chi connectivity index (χ3n) is 4.94. The number of aromatic hydroxyl groups is 1. The Hall–Kier alpha value is -3.36. The van der Waals surface area contributed by atoms with E-state index in [0.717, 1.165) is 17.8 Å². The van der Waals surface area contributed by atoms with Crippen molar-refractivity contribution in [3.63, 3.8) is 0 Å². The molecular weight excluding hydrogens is 434 g/mol. The number of hydrogen-bond donors (Lipinski definition) is 3. The molecule has 1 atom stereocenters. The summed E-state index contributed by atoms with van der Waals surface area (Å²) in [7, 11) is -2.53. The van der Waals surface area contributed by atoms with Crippen LogP contribution >= 0.6 is 0 Å². The summed E-state index contributed by atoms with van der Waals surface area (Å²) < 4.78 is 17.6.